The fourth-order valence-corrected chi connectivity index (χ4v) is 3.82. The van der Waals surface area contributed by atoms with E-state index in [1.54, 1.807) is 4.90 Å². The van der Waals surface area contributed by atoms with E-state index in [4.69, 9.17) is 21.4 Å². The first-order valence-corrected chi connectivity index (χ1v) is 9.82. The number of aliphatic carboxylic acids is 1. The van der Waals surface area contributed by atoms with Crippen LogP contribution < -0.4 is 0 Å². The number of benzene rings is 2. The number of halogens is 1. The Kier molecular flexibility index (Phi) is 7.06. The average molecular weight is 402 g/mol. The summed E-state index contributed by atoms with van der Waals surface area (Å²) in [5.74, 6) is -0.842. The van der Waals surface area contributed by atoms with E-state index in [-0.39, 0.29) is 12.5 Å². The topological polar surface area (TPSA) is 66.8 Å². The molecule has 0 aromatic heterocycles. The normalized spacial score (nSPS) is 16.8. The van der Waals surface area contributed by atoms with Gasteiger partial charge in [0, 0.05) is 18.1 Å². The number of amides is 1. The SMILES string of the molecule is O=C(O)COCC(=O)N1CCCC(Cc2ccccc2-c2ccc(Cl)cc2)C1. The van der Waals surface area contributed by atoms with Crippen LogP contribution in [0.5, 0.6) is 0 Å². The summed E-state index contributed by atoms with van der Waals surface area (Å²) in [6, 6.07) is 16.2. The zero-order chi connectivity index (χ0) is 19.9. The van der Waals surface area contributed by atoms with E-state index >= 15 is 0 Å². The number of carbonyl (C=O) groups excluding carboxylic acids is 1. The Morgan fingerprint density at radius 1 is 1.11 bits per heavy atom. The van der Waals surface area contributed by atoms with Crippen molar-refractivity contribution < 1.29 is 19.4 Å². The van der Waals surface area contributed by atoms with E-state index in [1.807, 2.05) is 36.4 Å². The largest absolute Gasteiger partial charge is 0.480 e. The molecule has 0 spiro atoms. The van der Waals surface area contributed by atoms with E-state index < -0.39 is 12.6 Å². The fraction of sp³-hybridized carbons (Fsp3) is 0.364. The molecule has 1 heterocycles. The van der Waals surface area contributed by atoms with Crippen molar-refractivity contribution >= 4 is 23.5 Å². The van der Waals surface area contributed by atoms with Gasteiger partial charge in [0.25, 0.3) is 0 Å². The minimum Gasteiger partial charge on any atom is -0.480 e. The maximum atomic E-state index is 12.3. The van der Waals surface area contributed by atoms with Crippen molar-refractivity contribution in [3.05, 3.63) is 59.1 Å². The van der Waals surface area contributed by atoms with Crippen LogP contribution in [-0.4, -0.2) is 48.2 Å². The first-order chi connectivity index (χ1) is 13.5. The molecule has 0 saturated carbocycles. The molecular weight excluding hydrogens is 378 g/mol. The lowest BCUT2D eigenvalue weighted by Gasteiger charge is -2.33. The highest BCUT2D eigenvalue weighted by molar-refractivity contribution is 6.30. The molecule has 1 atom stereocenters. The Morgan fingerprint density at radius 3 is 2.61 bits per heavy atom. The zero-order valence-corrected chi connectivity index (χ0v) is 16.4. The van der Waals surface area contributed by atoms with Crippen LogP contribution in [0.2, 0.25) is 5.02 Å². The molecule has 0 radical (unpaired) electrons. The summed E-state index contributed by atoms with van der Waals surface area (Å²) < 4.78 is 4.95. The van der Waals surface area contributed by atoms with Gasteiger partial charge < -0.3 is 14.7 Å². The number of carboxylic acid groups (broad SMARTS) is 1. The van der Waals surface area contributed by atoms with Crippen LogP contribution in [0, 0.1) is 5.92 Å². The Labute approximate surface area is 169 Å². The van der Waals surface area contributed by atoms with Gasteiger partial charge in [0.15, 0.2) is 0 Å². The molecule has 6 heteroatoms. The van der Waals surface area contributed by atoms with Gasteiger partial charge in [-0.25, -0.2) is 4.79 Å². The van der Waals surface area contributed by atoms with Crippen molar-refractivity contribution in [1.29, 1.82) is 0 Å². The predicted octanol–water partition coefficient (Wildman–Crippen LogP) is 3.89. The van der Waals surface area contributed by atoms with E-state index in [1.165, 1.54) is 11.1 Å². The summed E-state index contributed by atoms with van der Waals surface area (Å²) in [6.07, 6.45) is 2.89. The number of ether oxygens (including phenoxy) is 1. The van der Waals surface area contributed by atoms with Crippen LogP contribution in [-0.2, 0) is 20.7 Å². The quantitative estimate of drug-likeness (QED) is 0.764. The number of carboxylic acids is 1. The molecule has 1 fully saturated rings. The summed E-state index contributed by atoms with van der Waals surface area (Å²) in [7, 11) is 0. The van der Waals surface area contributed by atoms with Gasteiger partial charge in [-0.2, -0.15) is 0 Å². The average Bonchev–Trinajstić information content (AvgIpc) is 2.69. The van der Waals surface area contributed by atoms with Gasteiger partial charge >= 0.3 is 5.97 Å². The van der Waals surface area contributed by atoms with Crippen LogP contribution in [0.1, 0.15) is 18.4 Å². The molecular formula is C22H24ClNO4. The molecule has 1 N–H and O–H groups in total. The minimum absolute atomic E-state index is 0.142. The number of likely N-dealkylation sites (tertiary alicyclic amines) is 1. The third-order valence-corrected chi connectivity index (χ3v) is 5.26. The van der Waals surface area contributed by atoms with Gasteiger partial charge in [-0.15, -0.1) is 0 Å². The molecule has 2 aromatic rings. The zero-order valence-electron chi connectivity index (χ0n) is 15.6. The molecule has 148 valence electrons. The maximum absolute atomic E-state index is 12.3. The van der Waals surface area contributed by atoms with Crippen LogP contribution in [0.4, 0.5) is 0 Å². The van der Waals surface area contributed by atoms with Crippen molar-refractivity contribution in [2.24, 2.45) is 5.92 Å². The van der Waals surface area contributed by atoms with E-state index in [2.05, 4.69) is 12.1 Å². The highest BCUT2D eigenvalue weighted by atomic mass is 35.5. The molecule has 0 bridgehead atoms. The number of carbonyl (C=O) groups is 2. The third-order valence-electron chi connectivity index (χ3n) is 5.00. The number of hydrogen-bond acceptors (Lipinski definition) is 3. The smallest absolute Gasteiger partial charge is 0.329 e. The molecule has 28 heavy (non-hydrogen) atoms. The molecule has 1 unspecified atom stereocenters. The summed E-state index contributed by atoms with van der Waals surface area (Å²) in [6.45, 7) is 0.743. The van der Waals surface area contributed by atoms with Gasteiger partial charge in [0.05, 0.1) is 0 Å². The minimum atomic E-state index is -1.07. The molecule has 0 aliphatic carbocycles. The summed E-state index contributed by atoms with van der Waals surface area (Å²) >= 11 is 6.01. The maximum Gasteiger partial charge on any atom is 0.329 e. The van der Waals surface area contributed by atoms with Crippen molar-refractivity contribution in [2.45, 2.75) is 19.3 Å². The first kappa shape index (κ1) is 20.4. The van der Waals surface area contributed by atoms with Crippen LogP contribution >= 0.6 is 11.6 Å². The molecule has 5 nitrogen and oxygen atoms in total. The molecule has 1 amide bonds. The van der Waals surface area contributed by atoms with Crippen LogP contribution in [0.25, 0.3) is 11.1 Å². The Bertz CT molecular complexity index is 822. The van der Waals surface area contributed by atoms with Crippen molar-refractivity contribution in [1.82, 2.24) is 4.90 Å². The highest BCUT2D eigenvalue weighted by Crippen LogP contribution is 2.29. The van der Waals surface area contributed by atoms with Gasteiger partial charge in [0.1, 0.15) is 13.2 Å². The Hall–Kier alpha value is -2.37. The van der Waals surface area contributed by atoms with Gasteiger partial charge in [0.2, 0.25) is 5.91 Å². The summed E-state index contributed by atoms with van der Waals surface area (Å²) in [4.78, 5) is 24.6. The molecule has 3 rings (SSSR count). The van der Waals surface area contributed by atoms with E-state index in [0.29, 0.717) is 24.0 Å². The van der Waals surface area contributed by atoms with Crippen LogP contribution in [0.3, 0.4) is 0 Å². The second-order valence-electron chi connectivity index (χ2n) is 7.10. The fourth-order valence-electron chi connectivity index (χ4n) is 3.70. The number of hydrogen-bond donors (Lipinski definition) is 1. The second kappa shape index (κ2) is 9.71. The number of piperidine rings is 1. The van der Waals surface area contributed by atoms with Gasteiger partial charge in [-0.1, -0.05) is 48.0 Å². The molecule has 2 aromatic carbocycles. The number of nitrogens with zero attached hydrogens (tertiary/aromatic N) is 1. The Balaban J connectivity index is 1.64. The molecule has 1 aliphatic rings. The first-order valence-electron chi connectivity index (χ1n) is 9.44. The lowest BCUT2D eigenvalue weighted by atomic mass is 9.88. The van der Waals surface area contributed by atoms with Gasteiger partial charge in [-0.05, 0) is 54.0 Å². The second-order valence-corrected chi connectivity index (χ2v) is 7.54. The summed E-state index contributed by atoms with van der Waals surface area (Å²) in [5.41, 5.74) is 3.57. The predicted molar refractivity (Wildman–Crippen MR) is 108 cm³/mol. The lowest BCUT2D eigenvalue weighted by Crippen LogP contribution is -2.42. The van der Waals surface area contributed by atoms with E-state index in [9.17, 15) is 9.59 Å². The lowest BCUT2D eigenvalue weighted by molar-refractivity contribution is -0.146. The van der Waals surface area contributed by atoms with Crippen molar-refractivity contribution in [2.75, 3.05) is 26.3 Å². The Morgan fingerprint density at radius 2 is 1.86 bits per heavy atom. The molecule has 1 aliphatic heterocycles. The van der Waals surface area contributed by atoms with Gasteiger partial charge in [-0.3, -0.25) is 4.79 Å². The van der Waals surface area contributed by atoms with Crippen molar-refractivity contribution in [3.8, 4) is 11.1 Å². The summed E-state index contributed by atoms with van der Waals surface area (Å²) in [5, 5.41) is 9.34. The van der Waals surface area contributed by atoms with E-state index in [0.717, 1.165) is 24.8 Å². The monoisotopic (exact) mass is 401 g/mol. The van der Waals surface area contributed by atoms with Crippen LogP contribution in [0.15, 0.2) is 48.5 Å². The standard InChI is InChI=1S/C22H24ClNO4/c23-19-9-7-17(8-10-19)20-6-2-1-5-18(20)12-16-4-3-11-24(13-16)21(25)14-28-15-22(26)27/h1-2,5-10,16H,3-4,11-15H2,(H,26,27). The molecule has 1 saturated heterocycles. The van der Waals surface area contributed by atoms with Crippen molar-refractivity contribution in [3.63, 3.8) is 0 Å². The highest BCUT2D eigenvalue weighted by Gasteiger charge is 2.24. The number of rotatable bonds is 7. The third kappa shape index (κ3) is 5.57.